The number of amides is 1. The number of hydrogen-bond donors (Lipinski definition) is 1. The normalized spacial score (nSPS) is 17.5. The third kappa shape index (κ3) is 5.90. The number of thiophene rings is 1. The van der Waals surface area contributed by atoms with Crippen LogP contribution in [-0.4, -0.2) is 50.4 Å². The van der Waals surface area contributed by atoms with Crippen LogP contribution >= 0.6 is 11.3 Å². The number of nitrogens with zero attached hydrogens (tertiary/aromatic N) is 1. The van der Waals surface area contributed by atoms with Gasteiger partial charge in [0.2, 0.25) is 5.91 Å². The van der Waals surface area contributed by atoms with Crippen LogP contribution in [0.3, 0.4) is 0 Å². The maximum absolute atomic E-state index is 12.0. The highest BCUT2D eigenvalue weighted by Gasteiger charge is 2.25. The first kappa shape index (κ1) is 18.4. The summed E-state index contributed by atoms with van der Waals surface area (Å²) in [5.41, 5.74) is 0. The molecule has 1 fully saturated rings. The van der Waals surface area contributed by atoms with Crippen LogP contribution in [0.1, 0.15) is 37.6 Å². The standard InChI is InChI=1S/C16H26N2O3S2/c1-13(2)11-23(20,21)12-16(19)17-10-14(15-6-5-9-22-15)18-7-3-4-8-18/h5-6,9,13-14H,3-4,7-8,10-12H2,1-2H3,(H,17,19). The Bertz CT molecular complexity index is 591. The monoisotopic (exact) mass is 358 g/mol. The average molecular weight is 359 g/mol. The summed E-state index contributed by atoms with van der Waals surface area (Å²) in [6.07, 6.45) is 2.36. The minimum atomic E-state index is -3.32. The molecule has 1 aromatic rings. The summed E-state index contributed by atoms with van der Waals surface area (Å²) in [6.45, 7) is 6.22. The van der Waals surface area contributed by atoms with Crippen molar-refractivity contribution in [2.45, 2.75) is 32.7 Å². The molecule has 0 aliphatic carbocycles. The molecule has 0 spiro atoms. The Kier molecular flexibility index (Phi) is 6.61. The summed E-state index contributed by atoms with van der Waals surface area (Å²) < 4.78 is 23.8. The van der Waals surface area contributed by atoms with Gasteiger partial charge in [0.25, 0.3) is 0 Å². The number of nitrogens with one attached hydrogen (secondary N) is 1. The second-order valence-electron chi connectivity index (χ2n) is 6.53. The molecular weight excluding hydrogens is 332 g/mol. The van der Waals surface area contributed by atoms with Crippen molar-refractivity contribution in [1.29, 1.82) is 0 Å². The van der Waals surface area contributed by atoms with Crippen molar-refractivity contribution in [3.8, 4) is 0 Å². The molecule has 0 bridgehead atoms. The van der Waals surface area contributed by atoms with Crippen LogP contribution in [0.2, 0.25) is 0 Å². The molecule has 23 heavy (non-hydrogen) atoms. The van der Waals surface area contributed by atoms with E-state index in [0.717, 1.165) is 13.1 Å². The molecule has 0 saturated carbocycles. The number of carbonyl (C=O) groups excluding carboxylic acids is 1. The molecule has 1 aromatic heterocycles. The van der Waals surface area contributed by atoms with Crippen LogP contribution in [-0.2, 0) is 14.6 Å². The minimum Gasteiger partial charge on any atom is -0.353 e. The lowest BCUT2D eigenvalue weighted by molar-refractivity contribution is -0.118. The molecule has 130 valence electrons. The Morgan fingerprint density at radius 1 is 1.35 bits per heavy atom. The van der Waals surface area contributed by atoms with Gasteiger partial charge >= 0.3 is 0 Å². The number of likely N-dealkylation sites (tertiary alicyclic amines) is 1. The third-order valence-corrected chi connectivity index (χ3v) is 6.73. The molecular formula is C16H26N2O3S2. The Labute approximate surface area is 143 Å². The first-order valence-corrected chi connectivity index (χ1v) is 10.8. The zero-order valence-corrected chi connectivity index (χ0v) is 15.5. The summed E-state index contributed by atoms with van der Waals surface area (Å²) in [5, 5.41) is 4.86. The second kappa shape index (κ2) is 8.26. The fourth-order valence-electron chi connectivity index (χ4n) is 2.97. The number of hydrogen-bond acceptors (Lipinski definition) is 5. The third-order valence-electron chi connectivity index (χ3n) is 3.88. The highest BCUT2D eigenvalue weighted by molar-refractivity contribution is 7.92. The van der Waals surface area contributed by atoms with Crippen LogP contribution in [0.4, 0.5) is 0 Å². The van der Waals surface area contributed by atoms with Gasteiger partial charge in [-0.2, -0.15) is 0 Å². The number of sulfone groups is 1. The van der Waals surface area contributed by atoms with Gasteiger partial charge in [-0.1, -0.05) is 19.9 Å². The first-order valence-electron chi connectivity index (χ1n) is 8.12. The molecule has 1 N–H and O–H groups in total. The van der Waals surface area contributed by atoms with Gasteiger partial charge in [0.05, 0.1) is 11.8 Å². The van der Waals surface area contributed by atoms with E-state index in [1.54, 1.807) is 11.3 Å². The van der Waals surface area contributed by atoms with Gasteiger partial charge in [-0.25, -0.2) is 8.42 Å². The van der Waals surface area contributed by atoms with E-state index in [4.69, 9.17) is 0 Å². The Balaban J connectivity index is 1.92. The van der Waals surface area contributed by atoms with E-state index in [1.165, 1.54) is 17.7 Å². The van der Waals surface area contributed by atoms with Crippen LogP contribution < -0.4 is 5.32 Å². The fraction of sp³-hybridized carbons (Fsp3) is 0.688. The van der Waals surface area contributed by atoms with Gasteiger partial charge < -0.3 is 5.32 Å². The van der Waals surface area contributed by atoms with E-state index in [-0.39, 0.29) is 17.7 Å². The van der Waals surface area contributed by atoms with Gasteiger partial charge in [-0.15, -0.1) is 11.3 Å². The van der Waals surface area contributed by atoms with E-state index >= 15 is 0 Å². The Morgan fingerprint density at radius 2 is 2.04 bits per heavy atom. The molecule has 2 heterocycles. The summed E-state index contributed by atoms with van der Waals surface area (Å²) in [5.74, 6) is -0.717. The summed E-state index contributed by atoms with van der Waals surface area (Å²) >= 11 is 1.68. The predicted molar refractivity (Wildman–Crippen MR) is 94.4 cm³/mol. The number of rotatable bonds is 8. The number of carbonyl (C=O) groups is 1. The van der Waals surface area contributed by atoms with Crippen LogP contribution in [0.5, 0.6) is 0 Å². The van der Waals surface area contributed by atoms with Gasteiger partial charge in [0.1, 0.15) is 5.75 Å². The van der Waals surface area contributed by atoms with E-state index in [1.807, 2.05) is 25.3 Å². The molecule has 0 aromatic carbocycles. The molecule has 1 unspecified atom stereocenters. The van der Waals surface area contributed by atoms with Crippen molar-refractivity contribution >= 4 is 27.1 Å². The van der Waals surface area contributed by atoms with Gasteiger partial charge in [-0.3, -0.25) is 9.69 Å². The smallest absolute Gasteiger partial charge is 0.235 e. The van der Waals surface area contributed by atoms with E-state index in [0.29, 0.717) is 6.54 Å². The highest BCUT2D eigenvalue weighted by Crippen LogP contribution is 2.27. The summed E-state index contributed by atoms with van der Waals surface area (Å²) in [6, 6.07) is 4.24. The van der Waals surface area contributed by atoms with E-state index in [9.17, 15) is 13.2 Å². The predicted octanol–water partition coefficient (Wildman–Crippen LogP) is 2.07. The van der Waals surface area contributed by atoms with Crippen LogP contribution in [0.15, 0.2) is 17.5 Å². The zero-order valence-electron chi connectivity index (χ0n) is 13.8. The second-order valence-corrected chi connectivity index (χ2v) is 9.62. The van der Waals surface area contributed by atoms with Crippen molar-refractivity contribution in [2.75, 3.05) is 31.1 Å². The molecule has 2 rings (SSSR count). The summed E-state index contributed by atoms with van der Waals surface area (Å²) in [4.78, 5) is 15.6. The van der Waals surface area contributed by atoms with Crippen molar-refractivity contribution in [3.63, 3.8) is 0 Å². The van der Waals surface area contributed by atoms with Crippen molar-refractivity contribution < 1.29 is 13.2 Å². The molecule has 1 saturated heterocycles. The van der Waals surface area contributed by atoms with Crippen molar-refractivity contribution in [1.82, 2.24) is 10.2 Å². The quantitative estimate of drug-likeness (QED) is 0.772. The molecule has 7 heteroatoms. The maximum atomic E-state index is 12.0. The molecule has 5 nitrogen and oxygen atoms in total. The molecule has 1 aliphatic heterocycles. The van der Waals surface area contributed by atoms with E-state index < -0.39 is 21.5 Å². The summed E-state index contributed by atoms with van der Waals surface area (Å²) in [7, 11) is -3.32. The van der Waals surface area contributed by atoms with Crippen LogP contribution in [0, 0.1) is 5.92 Å². The fourth-order valence-corrected chi connectivity index (χ4v) is 5.47. The average Bonchev–Trinajstić information content (AvgIpc) is 3.09. The Morgan fingerprint density at radius 3 is 2.61 bits per heavy atom. The largest absolute Gasteiger partial charge is 0.353 e. The maximum Gasteiger partial charge on any atom is 0.235 e. The SMILES string of the molecule is CC(C)CS(=O)(=O)CC(=O)NCC(c1cccs1)N1CCCC1. The lowest BCUT2D eigenvalue weighted by Gasteiger charge is -2.26. The highest BCUT2D eigenvalue weighted by atomic mass is 32.2. The molecule has 0 radical (unpaired) electrons. The molecule has 1 aliphatic rings. The van der Waals surface area contributed by atoms with Crippen molar-refractivity contribution in [3.05, 3.63) is 22.4 Å². The Hall–Kier alpha value is -0.920. The van der Waals surface area contributed by atoms with Gasteiger partial charge in [0, 0.05) is 11.4 Å². The molecule has 1 atom stereocenters. The first-order chi connectivity index (χ1) is 10.9. The van der Waals surface area contributed by atoms with Gasteiger partial charge in [-0.05, 0) is 43.3 Å². The van der Waals surface area contributed by atoms with E-state index in [2.05, 4.69) is 16.3 Å². The zero-order chi connectivity index (χ0) is 16.9. The lowest BCUT2D eigenvalue weighted by atomic mass is 10.2. The molecule has 1 amide bonds. The van der Waals surface area contributed by atoms with Gasteiger partial charge in [0.15, 0.2) is 9.84 Å². The topological polar surface area (TPSA) is 66.5 Å². The lowest BCUT2D eigenvalue weighted by Crippen LogP contribution is -2.39. The van der Waals surface area contributed by atoms with Crippen molar-refractivity contribution in [2.24, 2.45) is 5.92 Å². The van der Waals surface area contributed by atoms with Crippen LogP contribution in [0.25, 0.3) is 0 Å². The minimum absolute atomic E-state index is 0.0382.